The fourth-order valence-electron chi connectivity index (χ4n) is 5.19. The molecule has 3 fully saturated rings. The van der Waals surface area contributed by atoms with Gasteiger partial charge in [0.25, 0.3) is 0 Å². The molecule has 6 heteroatoms. The molecule has 0 spiro atoms. The van der Waals surface area contributed by atoms with Crippen molar-refractivity contribution in [1.82, 2.24) is 4.90 Å². The monoisotopic (exact) mass is 371 g/mol. The number of likely N-dealkylation sites (tertiary alicyclic amines) is 1. The van der Waals surface area contributed by atoms with Gasteiger partial charge in [0, 0.05) is 0 Å². The molecule has 5 nitrogen and oxygen atoms in total. The zero-order valence-corrected chi connectivity index (χ0v) is 14.9. The highest BCUT2D eigenvalue weighted by Crippen LogP contribution is 2.65. The molecule has 1 aromatic carbocycles. The van der Waals surface area contributed by atoms with E-state index in [1.165, 1.54) is 0 Å². The van der Waals surface area contributed by atoms with Gasteiger partial charge in [-0.1, -0.05) is 35.9 Å². The van der Waals surface area contributed by atoms with Crippen molar-refractivity contribution < 1.29 is 19.1 Å². The van der Waals surface area contributed by atoms with Gasteiger partial charge in [-0.2, -0.15) is 0 Å². The van der Waals surface area contributed by atoms with Gasteiger partial charge in [0.1, 0.15) is 11.8 Å². The Morgan fingerprint density at radius 1 is 1.12 bits per heavy atom. The van der Waals surface area contributed by atoms with Crippen LogP contribution in [0.5, 0.6) is 5.75 Å². The number of imide groups is 1. The lowest BCUT2D eigenvalue weighted by Crippen LogP contribution is -2.45. The topological polar surface area (TPSA) is 63.7 Å². The predicted molar refractivity (Wildman–Crippen MR) is 93.1 cm³/mol. The van der Waals surface area contributed by atoms with Crippen molar-refractivity contribution in [2.75, 3.05) is 0 Å². The quantitative estimate of drug-likeness (QED) is 0.354. The van der Waals surface area contributed by atoms with E-state index in [9.17, 15) is 14.4 Å². The van der Waals surface area contributed by atoms with Crippen LogP contribution in [-0.4, -0.2) is 28.7 Å². The van der Waals surface area contributed by atoms with Crippen LogP contribution >= 0.6 is 11.6 Å². The number of para-hydroxylation sites is 1. The molecule has 0 unspecified atom stereocenters. The third-order valence-electron chi connectivity index (χ3n) is 6.47. The Kier molecular flexibility index (Phi) is 3.35. The maximum absolute atomic E-state index is 13.0. The van der Waals surface area contributed by atoms with Gasteiger partial charge in [0.2, 0.25) is 11.8 Å². The second-order valence-corrected chi connectivity index (χ2v) is 8.14. The van der Waals surface area contributed by atoms with Gasteiger partial charge in [-0.25, -0.2) is 4.79 Å². The van der Waals surface area contributed by atoms with E-state index >= 15 is 0 Å². The predicted octanol–water partition coefficient (Wildman–Crippen LogP) is 2.69. The van der Waals surface area contributed by atoms with Crippen molar-refractivity contribution >= 4 is 29.4 Å². The van der Waals surface area contributed by atoms with Crippen molar-refractivity contribution in [2.24, 2.45) is 35.5 Å². The number of allylic oxidation sites excluding steroid dienone is 2. The first-order valence-corrected chi connectivity index (χ1v) is 9.38. The molecule has 0 N–H and O–H groups in total. The van der Waals surface area contributed by atoms with Crippen molar-refractivity contribution in [1.29, 1.82) is 0 Å². The average Bonchev–Trinajstić information content (AvgIpc) is 3.41. The molecule has 1 aromatic rings. The number of benzene rings is 1. The molecule has 5 aliphatic rings. The highest BCUT2D eigenvalue weighted by atomic mass is 35.5. The first-order valence-electron chi connectivity index (χ1n) is 9.00. The normalized spacial score (nSPS) is 37.4. The summed E-state index contributed by atoms with van der Waals surface area (Å²) in [7, 11) is 0. The molecule has 2 bridgehead atoms. The third-order valence-corrected chi connectivity index (χ3v) is 6.78. The van der Waals surface area contributed by atoms with Gasteiger partial charge in [0.15, 0.2) is 0 Å². The Morgan fingerprint density at radius 2 is 1.69 bits per heavy atom. The average molecular weight is 372 g/mol. The highest BCUT2D eigenvalue weighted by Gasteiger charge is 2.67. The zero-order valence-electron chi connectivity index (χ0n) is 14.2. The molecule has 4 aliphatic carbocycles. The molecule has 0 aromatic heterocycles. The molecule has 134 valence electrons. The summed E-state index contributed by atoms with van der Waals surface area (Å²) in [4.78, 5) is 39.7. The molecule has 1 heterocycles. The first kappa shape index (κ1) is 16.1. The zero-order chi connectivity index (χ0) is 18.2. The molecular formula is C20H18ClNO4. The third kappa shape index (κ3) is 2.07. The van der Waals surface area contributed by atoms with E-state index in [1.807, 2.05) is 0 Å². The lowest BCUT2D eigenvalue weighted by atomic mass is 9.63. The molecule has 7 atom stereocenters. The van der Waals surface area contributed by atoms with E-state index < -0.39 is 12.0 Å². The van der Waals surface area contributed by atoms with Crippen molar-refractivity contribution in [3.05, 3.63) is 41.4 Å². The number of hydrogen-bond acceptors (Lipinski definition) is 4. The number of nitrogens with zero attached hydrogens (tertiary/aromatic N) is 1. The largest absolute Gasteiger partial charge is 0.423 e. The first-order chi connectivity index (χ1) is 12.5. The summed E-state index contributed by atoms with van der Waals surface area (Å²) in [6, 6.07) is 5.67. The lowest BCUT2D eigenvalue weighted by Gasteiger charge is -2.37. The van der Waals surface area contributed by atoms with Crippen molar-refractivity contribution in [3.63, 3.8) is 0 Å². The molecule has 6 rings (SSSR count). The molecular weight excluding hydrogens is 354 g/mol. The summed E-state index contributed by atoms with van der Waals surface area (Å²) < 4.78 is 5.34. The maximum Gasteiger partial charge on any atom is 0.334 e. The fraction of sp³-hybridized carbons (Fsp3) is 0.450. The maximum atomic E-state index is 13.0. The van der Waals surface area contributed by atoms with E-state index in [1.54, 1.807) is 31.2 Å². The molecule has 2 saturated carbocycles. The van der Waals surface area contributed by atoms with Crippen LogP contribution in [0, 0.1) is 35.5 Å². The van der Waals surface area contributed by atoms with Crippen LogP contribution in [0.1, 0.15) is 13.3 Å². The Balaban J connectivity index is 1.39. The van der Waals surface area contributed by atoms with Gasteiger partial charge >= 0.3 is 5.97 Å². The number of esters is 1. The molecule has 1 saturated heterocycles. The van der Waals surface area contributed by atoms with Crippen LogP contribution in [0.3, 0.4) is 0 Å². The van der Waals surface area contributed by atoms with Crippen LogP contribution in [0.2, 0.25) is 5.02 Å². The van der Waals surface area contributed by atoms with Crippen LogP contribution < -0.4 is 4.74 Å². The fourth-order valence-corrected chi connectivity index (χ4v) is 5.36. The Bertz CT molecular complexity index is 829. The SMILES string of the molecule is C[C@H](C(=O)Oc1ccccc1Cl)N1C(=O)[C@@H]2[C@H]3C=C[C@@H]([C@@H]4C[C@H]34)[C@H]2C1=O. The van der Waals surface area contributed by atoms with Gasteiger partial charge in [0.05, 0.1) is 16.9 Å². The van der Waals surface area contributed by atoms with Gasteiger partial charge in [-0.15, -0.1) is 0 Å². The minimum absolute atomic E-state index is 0.142. The second-order valence-electron chi connectivity index (χ2n) is 7.73. The number of rotatable bonds is 3. The lowest BCUT2D eigenvalue weighted by molar-refractivity contribution is -0.152. The molecule has 1 aliphatic heterocycles. The van der Waals surface area contributed by atoms with Crippen LogP contribution in [0.25, 0.3) is 0 Å². The summed E-state index contributed by atoms with van der Waals surface area (Å²) in [6.07, 6.45) is 5.34. The number of ether oxygens (including phenoxy) is 1. The minimum atomic E-state index is -0.965. The number of amides is 2. The highest BCUT2D eigenvalue weighted by molar-refractivity contribution is 6.32. The van der Waals surface area contributed by atoms with E-state index in [-0.39, 0.29) is 41.2 Å². The number of halogens is 1. The smallest absolute Gasteiger partial charge is 0.334 e. The summed E-state index contributed by atoms with van der Waals surface area (Å²) in [5.41, 5.74) is 0. The second kappa shape index (κ2) is 5.43. The van der Waals surface area contributed by atoms with Crippen LogP contribution in [-0.2, 0) is 14.4 Å². The molecule has 0 radical (unpaired) electrons. The number of hydrogen-bond donors (Lipinski definition) is 0. The molecule has 2 amide bonds. The summed E-state index contributed by atoms with van der Waals surface area (Å²) >= 11 is 6.02. The summed E-state index contributed by atoms with van der Waals surface area (Å²) in [5, 5.41) is 0.308. The van der Waals surface area contributed by atoms with E-state index in [4.69, 9.17) is 16.3 Å². The standard InChI is InChI=1S/C20H18ClNO4/c1-9(20(25)26-15-5-3-2-4-14(15)21)22-18(23)16-10-6-7-11(13-8-12(10)13)17(16)19(22)24/h2-7,9-13,16-17H,8H2,1H3/t9-,10+,11+,12-,13+,16-,17-/m1/s1. The Hall–Kier alpha value is -2.14. The summed E-state index contributed by atoms with van der Waals surface area (Å²) in [5.74, 6) is -0.141. The van der Waals surface area contributed by atoms with Crippen molar-refractivity contribution in [2.45, 2.75) is 19.4 Å². The van der Waals surface area contributed by atoms with Gasteiger partial charge < -0.3 is 4.74 Å². The van der Waals surface area contributed by atoms with Crippen LogP contribution in [0.4, 0.5) is 0 Å². The van der Waals surface area contributed by atoms with E-state index in [0.717, 1.165) is 11.3 Å². The van der Waals surface area contributed by atoms with Gasteiger partial charge in [-0.05, 0) is 49.1 Å². The van der Waals surface area contributed by atoms with Crippen LogP contribution in [0.15, 0.2) is 36.4 Å². The van der Waals surface area contributed by atoms with Crippen molar-refractivity contribution in [3.8, 4) is 5.75 Å². The Labute approximate surface area is 155 Å². The minimum Gasteiger partial charge on any atom is -0.423 e. The number of carbonyl (C=O) groups is 3. The number of carbonyl (C=O) groups excluding carboxylic acids is 3. The van der Waals surface area contributed by atoms with E-state index in [0.29, 0.717) is 16.9 Å². The van der Waals surface area contributed by atoms with Gasteiger partial charge in [-0.3, -0.25) is 14.5 Å². The van der Waals surface area contributed by atoms with E-state index in [2.05, 4.69) is 12.2 Å². The molecule has 26 heavy (non-hydrogen) atoms. The Morgan fingerprint density at radius 3 is 2.27 bits per heavy atom. The summed E-state index contributed by atoms with van der Waals surface area (Å²) in [6.45, 7) is 1.54.